The third-order valence-electron chi connectivity index (χ3n) is 2.77. The highest BCUT2D eigenvalue weighted by molar-refractivity contribution is 8.13. The van der Waals surface area contributed by atoms with Crippen molar-refractivity contribution in [2.24, 2.45) is 5.92 Å². The summed E-state index contributed by atoms with van der Waals surface area (Å²) in [6, 6.07) is 1.67. The zero-order chi connectivity index (χ0) is 16.4. The molecule has 0 aliphatic heterocycles. The van der Waals surface area contributed by atoms with E-state index in [0.717, 1.165) is 12.1 Å². The molecule has 0 aliphatic carbocycles. The molecule has 0 aliphatic rings. The number of hydrogen-bond acceptors (Lipinski definition) is 3. The standard InChI is InChI=1S/C13H16Cl2FNO3S/c1-4-17(7-8(2)3)13(18)9-5-12(21(15,19)20)10(14)6-11(9)16/h5-6,8H,4,7H2,1-3H3. The van der Waals surface area contributed by atoms with Crippen LogP contribution in [-0.2, 0) is 9.05 Å². The minimum absolute atomic E-state index is 0.195. The second-order valence-electron chi connectivity index (χ2n) is 4.94. The van der Waals surface area contributed by atoms with Gasteiger partial charge in [-0.3, -0.25) is 4.79 Å². The average Bonchev–Trinajstić information content (AvgIpc) is 2.33. The fraction of sp³-hybridized carbons (Fsp3) is 0.462. The van der Waals surface area contributed by atoms with Crippen LogP contribution in [0.4, 0.5) is 4.39 Å². The summed E-state index contributed by atoms with van der Waals surface area (Å²) < 4.78 is 36.7. The van der Waals surface area contributed by atoms with Crippen molar-refractivity contribution in [1.29, 1.82) is 0 Å². The van der Waals surface area contributed by atoms with Crippen molar-refractivity contribution < 1.29 is 17.6 Å². The molecule has 1 aromatic rings. The van der Waals surface area contributed by atoms with Crippen molar-refractivity contribution in [3.63, 3.8) is 0 Å². The van der Waals surface area contributed by atoms with Gasteiger partial charge in [-0.15, -0.1) is 0 Å². The van der Waals surface area contributed by atoms with Gasteiger partial charge >= 0.3 is 0 Å². The first kappa shape index (κ1) is 18.2. The third-order valence-corrected chi connectivity index (χ3v) is 4.56. The van der Waals surface area contributed by atoms with Crippen LogP contribution in [0.2, 0.25) is 5.02 Å². The van der Waals surface area contributed by atoms with Gasteiger partial charge in [0.25, 0.3) is 15.0 Å². The molecule has 1 rings (SSSR count). The van der Waals surface area contributed by atoms with E-state index in [2.05, 4.69) is 0 Å². The van der Waals surface area contributed by atoms with E-state index in [1.54, 1.807) is 6.92 Å². The molecule has 0 radical (unpaired) electrons. The van der Waals surface area contributed by atoms with Crippen molar-refractivity contribution in [3.8, 4) is 0 Å². The summed E-state index contributed by atoms with van der Waals surface area (Å²) in [4.78, 5) is 13.3. The van der Waals surface area contributed by atoms with Crippen LogP contribution in [0.5, 0.6) is 0 Å². The Kier molecular flexibility index (Phi) is 6.01. The summed E-state index contributed by atoms with van der Waals surface area (Å²) >= 11 is 5.66. The monoisotopic (exact) mass is 355 g/mol. The predicted molar refractivity (Wildman–Crippen MR) is 80.9 cm³/mol. The van der Waals surface area contributed by atoms with E-state index in [1.165, 1.54) is 4.90 Å². The molecule has 1 amide bonds. The van der Waals surface area contributed by atoms with E-state index < -0.39 is 25.7 Å². The number of benzene rings is 1. The van der Waals surface area contributed by atoms with Crippen LogP contribution < -0.4 is 0 Å². The van der Waals surface area contributed by atoms with Gasteiger partial charge in [0, 0.05) is 23.8 Å². The smallest absolute Gasteiger partial charge is 0.262 e. The lowest BCUT2D eigenvalue weighted by molar-refractivity contribution is 0.0741. The summed E-state index contributed by atoms with van der Waals surface area (Å²) in [7, 11) is 1.07. The second-order valence-corrected chi connectivity index (χ2v) is 7.88. The van der Waals surface area contributed by atoms with Crippen LogP contribution in [0.25, 0.3) is 0 Å². The summed E-state index contributed by atoms with van der Waals surface area (Å²) in [6.45, 7) is 6.40. The number of carbonyl (C=O) groups is 1. The number of halogens is 3. The molecule has 0 aromatic heterocycles. The molecule has 118 valence electrons. The fourth-order valence-corrected chi connectivity index (χ4v) is 3.35. The number of nitrogens with zero attached hydrogens (tertiary/aromatic N) is 1. The van der Waals surface area contributed by atoms with E-state index in [4.69, 9.17) is 22.3 Å². The Morgan fingerprint density at radius 3 is 2.38 bits per heavy atom. The van der Waals surface area contributed by atoms with Crippen LogP contribution in [0.1, 0.15) is 31.1 Å². The predicted octanol–water partition coefficient (Wildman–Crippen LogP) is 3.52. The van der Waals surface area contributed by atoms with Crippen molar-refractivity contribution in [3.05, 3.63) is 28.5 Å². The van der Waals surface area contributed by atoms with Crippen molar-refractivity contribution in [2.75, 3.05) is 13.1 Å². The molecule has 0 heterocycles. The van der Waals surface area contributed by atoms with Crippen LogP contribution in [0.15, 0.2) is 17.0 Å². The molecule has 1 aromatic carbocycles. The van der Waals surface area contributed by atoms with Gasteiger partial charge in [0.2, 0.25) is 0 Å². The first-order valence-corrected chi connectivity index (χ1v) is 8.99. The first-order valence-electron chi connectivity index (χ1n) is 6.30. The minimum atomic E-state index is -4.16. The van der Waals surface area contributed by atoms with Crippen LogP contribution in [0, 0.1) is 11.7 Å². The molecule has 8 heteroatoms. The number of carbonyl (C=O) groups excluding carboxylic acids is 1. The summed E-state index contributed by atoms with van der Waals surface area (Å²) in [5.74, 6) is -1.28. The molecule has 0 saturated heterocycles. The molecule has 0 N–H and O–H groups in total. The fourth-order valence-electron chi connectivity index (χ4n) is 1.85. The van der Waals surface area contributed by atoms with E-state index in [0.29, 0.717) is 13.1 Å². The third kappa shape index (κ3) is 4.56. The number of hydrogen-bond donors (Lipinski definition) is 0. The van der Waals surface area contributed by atoms with E-state index in [9.17, 15) is 17.6 Å². The van der Waals surface area contributed by atoms with Gasteiger partial charge in [0.15, 0.2) is 0 Å². The van der Waals surface area contributed by atoms with Gasteiger partial charge in [-0.1, -0.05) is 25.4 Å². The molecule has 0 bridgehead atoms. The Hall–Kier alpha value is -0.850. The lowest BCUT2D eigenvalue weighted by Gasteiger charge is -2.23. The zero-order valence-corrected chi connectivity index (χ0v) is 14.2. The minimum Gasteiger partial charge on any atom is -0.339 e. The Bertz CT molecular complexity index is 647. The lowest BCUT2D eigenvalue weighted by Crippen LogP contribution is -2.34. The molecule has 0 fully saturated rings. The topological polar surface area (TPSA) is 54.5 Å². The maximum Gasteiger partial charge on any atom is 0.262 e. The lowest BCUT2D eigenvalue weighted by atomic mass is 10.1. The van der Waals surface area contributed by atoms with Gasteiger partial charge in [0.05, 0.1) is 10.6 Å². The molecule has 0 atom stereocenters. The SMILES string of the molecule is CCN(CC(C)C)C(=O)c1cc(S(=O)(=O)Cl)c(Cl)cc1F. The quantitative estimate of drug-likeness (QED) is 0.759. The highest BCUT2D eigenvalue weighted by atomic mass is 35.7. The van der Waals surface area contributed by atoms with E-state index >= 15 is 0 Å². The van der Waals surface area contributed by atoms with Crippen LogP contribution in [0.3, 0.4) is 0 Å². The van der Waals surface area contributed by atoms with Gasteiger partial charge in [-0.05, 0) is 25.0 Å². The summed E-state index contributed by atoms with van der Waals surface area (Å²) in [5, 5.41) is -0.356. The van der Waals surface area contributed by atoms with Gasteiger partial charge in [0.1, 0.15) is 10.7 Å². The molecule has 21 heavy (non-hydrogen) atoms. The van der Waals surface area contributed by atoms with E-state index in [1.807, 2.05) is 13.8 Å². The molecule has 0 spiro atoms. The van der Waals surface area contributed by atoms with Crippen molar-refractivity contribution >= 4 is 37.2 Å². The Labute approximate surface area is 133 Å². The normalized spacial score (nSPS) is 11.8. The number of rotatable bonds is 5. The molecular weight excluding hydrogens is 340 g/mol. The Morgan fingerprint density at radius 2 is 1.95 bits per heavy atom. The highest BCUT2D eigenvalue weighted by Crippen LogP contribution is 2.28. The van der Waals surface area contributed by atoms with Crippen LogP contribution >= 0.6 is 22.3 Å². The maximum absolute atomic E-state index is 13.9. The van der Waals surface area contributed by atoms with Crippen molar-refractivity contribution in [2.45, 2.75) is 25.7 Å². The largest absolute Gasteiger partial charge is 0.339 e. The summed E-state index contributed by atoms with van der Waals surface area (Å²) in [5.41, 5.74) is -0.360. The maximum atomic E-state index is 13.9. The first-order chi connectivity index (χ1) is 9.57. The van der Waals surface area contributed by atoms with Gasteiger partial charge in [-0.2, -0.15) is 0 Å². The Morgan fingerprint density at radius 1 is 1.38 bits per heavy atom. The van der Waals surface area contributed by atoms with E-state index in [-0.39, 0.29) is 16.5 Å². The zero-order valence-electron chi connectivity index (χ0n) is 11.9. The second kappa shape index (κ2) is 6.94. The number of amides is 1. The highest BCUT2D eigenvalue weighted by Gasteiger charge is 2.24. The van der Waals surface area contributed by atoms with Gasteiger partial charge < -0.3 is 4.90 Å². The Balaban J connectivity index is 3.33. The molecule has 0 saturated carbocycles. The van der Waals surface area contributed by atoms with Gasteiger partial charge in [-0.25, -0.2) is 12.8 Å². The molecule has 0 unspecified atom stereocenters. The van der Waals surface area contributed by atoms with Crippen LogP contribution in [-0.4, -0.2) is 32.3 Å². The van der Waals surface area contributed by atoms with Crippen molar-refractivity contribution in [1.82, 2.24) is 4.90 Å². The summed E-state index contributed by atoms with van der Waals surface area (Å²) in [6.07, 6.45) is 0. The molecule has 4 nitrogen and oxygen atoms in total. The average molecular weight is 356 g/mol. The molecular formula is C13H16Cl2FNO3S.